The molecule has 8 heteroatoms. The topological polar surface area (TPSA) is 88.6 Å². The molecule has 2 aliphatic rings. The largest absolute Gasteiger partial charge is 0.458 e. The molecule has 1 saturated carbocycles. The number of carbonyl (C=O) groups is 3. The number of nitrogens with one attached hydrogen (secondary N) is 1. The number of carbonyl (C=O) groups excluding carboxylic acids is 3. The highest BCUT2D eigenvalue weighted by molar-refractivity contribution is 7.13. The van der Waals surface area contributed by atoms with Gasteiger partial charge in [-0.1, -0.05) is 49.6 Å². The second-order valence-corrected chi connectivity index (χ2v) is 8.97. The van der Waals surface area contributed by atoms with Crippen LogP contribution in [0.5, 0.6) is 0 Å². The first-order valence-corrected chi connectivity index (χ1v) is 11.1. The zero-order valence-electron chi connectivity index (χ0n) is 17.1. The smallest absolute Gasteiger partial charge is 0.326 e. The number of imide groups is 1. The number of hydrogen-bond donors (Lipinski definition) is 1. The number of rotatable bonds is 5. The average molecular weight is 428 g/mol. The van der Waals surface area contributed by atoms with E-state index in [-0.39, 0.29) is 25.0 Å². The van der Waals surface area contributed by atoms with Crippen molar-refractivity contribution in [1.29, 1.82) is 0 Å². The number of aromatic nitrogens is 1. The lowest BCUT2D eigenvalue weighted by atomic mass is 9.73. The second kappa shape index (κ2) is 8.18. The molecule has 2 aromatic rings. The van der Waals surface area contributed by atoms with Crippen molar-refractivity contribution in [3.63, 3.8) is 0 Å². The molecule has 30 heavy (non-hydrogen) atoms. The first kappa shape index (κ1) is 20.5. The molecule has 2 unspecified atom stereocenters. The number of amides is 3. The van der Waals surface area contributed by atoms with E-state index in [0.29, 0.717) is 12.1 Å². The maximum Gasteiger partial charge on any atom is 0.326 e. The third-order valence-electron chi connectivity index (χ3n) is 6.02. The maximum absolute atomic E-state index is 12.9. The molecule has 1 aliphatic heterocycles. The van der Waals surface area contributed by atoms with Crippen molar-refractivity contribution >= 4 is 29.2 Å². The Morgan fingerprint density at radius 1 is 1.30 bits per heavy atom. The number of nitrogens with zero attached hydrogens (tertiary/aromatic N) is 2. The molecule has 1 saturated heterocycles. The number of esters is 1. The molecule has 1 N–H and O–H groups in total. The Hall–Kier alpha value is -2.74. The Morgan fingerprint density at radius 2 is 2.07 bits per heavy atom. The van der Waals surface area contributed by atoms with Crippen molar-refractivity contribution < 1.29 is 19.1 Å². The van der Waals surface area contributed by atoms with Crippen LogP contribution in [0.1, 0.15) is 43.9 Å². The monoisotopic (exact) mass is 427 g/mol. The summed E-state index contributed by atoms with van der Waals surface area (Å²) in [7, 11) is 0. The molecule has 1 aromatic heterocycles. The molecule has 4 rings (SSSR count). The van der Waals surface area contributed by atoms with Crippen molar-refractivity contribution in [2.45, 2.75) is 51.7 Å². The third-order valence-corrected chi connectivity index (χ3v) is 6.96. The van der Waals surface area contributed by atoms with Gasteiger partial charge in [-0.15, -0.1) is 11.3 Å². The molecule has 2 heterocycles. The van der Waals surface area contributed by atoms with Gasteiger partial charge in [0.25, 0.3) is 5.91 Å². The van der Waals surface area contributed by atoms with Gasteiger partial charge >= 0.3 is 12.0 Å². The van der Waals surface area contributed by atoms with Gasteiger partial charge in [0.15, 0.2) is 0 Å². The highest BCUT2D eigenvalue weighted by atomic mass is 32.1. The number of benzene rings is 1. The van der Waals surface area contributed by atoms with E-state index in [1.165, 1.54) is 16.9 Å². The summed E-state index contributed by atoms with van der Waals surface area (Å²) in [5.74, 6) is -0.880. The summed E-state index contributed by atoms with van der Waals surface area (Å²) in [5.41, 5.74) is 1.95. The van der Waals surface area contributed by atoms with Crippen LogP contribution in [-0.4, -0.2) is 39.9 Å². The van der Waals surface area contributed by atoms with Gasteiger partial charge in [-0.3, -0.25) is 14.5 Å². The molecular formula is C22H25N3O4S. The van der Waals surface area contributed by atoms with Crippen LogP contribution in [0.3, 0.4) is 0 Å². The number of aryl methyl sites for hydroxylation is 1. The minimum atomic E-state index is -0.868. The van der Waals surface area contributed by atoms with Crippen molar-refractivity contribution in [3.05, 3.63) is 40.9 Å². The molecule has 1 spiro atoms. The zero-order chi connectivity index (χ0) is 21.3. The molecule has 158 valence electrons. The molecule has 2 fully saturated rings. The van der Waals surface area contributed by atoms with E-state index < -0.39 is 17.5 Å². The van der Waals surface area contributed by atoms with Gasteiger partial charge in [-0.25, -0.2) is 9.78 Å². The predicted molar refractivity (Wildman–Crippen MR) is 113 cm³/mol. The van der Waals surface area contributed by atoms with Crippen LogP contribution in [0.2, 0.25) is 0 Å². The van der Waals surface area contributed by atoms with Crippen LogP contribution in [0.25, 0.3) is 10.6 Å². The first-order valence-electron chi connectivity index (χ1n) is 10.2. The van der Waals surface area contributed by atoms with Gasteiger partial charge in [-0.05, 0) is 25.7 Å². The van der Waals surface area contributed by atoms with Crippen LogP contribution in [0, 0.1) is 12.8 Å². The quantitative estimate of drug-likeness (QED) is 0.581. The fourth-order valence-corrected chi connectivity index (χ4v) is 4.98. The van der Waals surface area contributed by atoms with E-state index in [9.17, 15) is 14.4 Å². The third kappa shape index (κ3) is 3.84. The van der Waals surface area contributed by atoms with Gasteiger partial charge in [0, 0.05) is 10.9 Å². The van der Waals surface area contributed by atoms with Crippen LogP contribution < -0.4 is 5.32 Å². The minimum absolute atomic E-state index is 0.00634. The number of hydrogen-bond acceptors (Lipinski definition) is 6. The standard InChI is InChI=1S/C22H25N3O4S/c1-14-6-8-16(9-7-14)19-23-17(13-30-19)12-29-18(26)11-25-20(27)22(24-21(25)28)10-4-3-5-15(22)2/h6-9,13,15H,3-5,10-12H2,1-2H3,(H,24,28). The maximum atomic E-state index is 12.9. The summed E-state index contributed by atoms with van der Waals surface area (Å²) in [6.07, 6.45) is 3.44. The van der Waals surface area contributed by atoms with Gasteiger partial charge in [0.05, 0.1) is 5.69 Å². The van der Waals surface area contributed by atoms with E-state index in [1.807, 2.05) is 43.5 Å². The summed E-state index contributed by atoms with van der Waals surface area (Å²) >= 11 is 1.48. The van der Waals surface area contributed by atoms with Crippen LogP contribution in [0.15, 0.2) is 29.6 Å². The lowest BCUT2D eigenvalue weighted by molar-refractivity contribution is -0.149. The summed E-state index contributed by atoms with van der Waals surface area (Å²) in [6, 6.07) is 7.54. The summed E-state index contributed by atoms with van der Waals surface area (Å²) < 4.78 is 5.29. The fraction of sp³-hybridized carbons (Fsp3) is 0.455. The van der Waals surface area contributed by atoms with Crippen molar-refractivity contribution in [2.75, 3.05) is 6.54 Å². The lowest BCUT2D eigenvalue weighted by Crippen LogP contribution is -2.54. The summed E-state index contributed by atoms with van der Waals surface area (Å²) in [4.78, 5) is 43.1. The van der Waals surface area contributed by atoms with Crippen molar-refractivity contribution in [1.82, 2.24) is 15.2 Å². The highest BCUT2D eigenvalue weighted by Gasteiger charge is 2.55. The van der Waals surface area contributed by atoms with Crippen LogP contribution >= 0.6 is 11.3 Å². The van der Waals surface area contributed by atoms with Gasteiger partial charge in [0.2, 0.25) is 0 Å². The molecule has 3 amide bonds. The van der Waals surface area contributed by atoms with E-state index in [0.717, 1.165) is 34.7 Å². The van der Waals surface area contributed by atoms with E-state index in [1.54, 1.807) is 0 Å². The second-order valence-electron chi connectivity index (χ2n) is 8.11. The highest BCUT2D eigenvalue weighted by Crippen LogP contribution is 2.38. The normalized spacial score (nSPS) is 23.7. The number of urea groups is 1. The number of thiazole rings is 1. The minimum Gasteiger partial charge on any atom is -0.458 e. The molecule has 0 bridgehead atoms. The van der Waals surface area contributed by atoms with Crippen LogP contribution in [-0.2, 0) is 20.9 Å². The van der Waals surface area contributed by atoms with E-state index in [2.05, 4.69) is 10.3 Å². The Balaban J connectivity index is 1.35. The zero-order valence-corrected chi connectivity index (χ0v) is 18.0. The van der Waals surface area contributed by atoms with Crippen molar-refractivity contribution in [3.8, 4) is 10.6 Å². The molecule has 2 atom stereocenters. The molecule has 1 aromatic carbocycles. The fourth-order valence-electron chi connectivity index (χ4n) is 4.17. The van der Waals surface area contributed by atoms with E-state index in [4.69, 9.17) is 4.74 Å². The predicted octanol–water partition coefficient (Wildman–Crippen LogP) is 3.66. The Morgan fingerprint density at radius 3 is 2.80 bits per heavy atom. The summed E-state index contributed by atoms with van der Waals surface area (Å²) in [5, 5.41) is 5.53. The molecular weight excluding hydrogens is 402 g/mol. The average Bonchev–Trinajstić information content (AvgIpc) is 3.29. The Kier molecular flexibility index (Phi) is 5.60. The van der Waals surface area contributed by atoms with Crippen molar-refractivity contribution in [2.24, 2.45) is 5.92 Å². The summed E-state index contributed by atoms with van der Waals surface area (Å²) in [6.45, 7) is 3.63. The first-order chi connectivity index (χ1) is 14.4. The Labute approximate surface area is 179 Å². The molecule has 7 nitrogen and oxygen atoms in total. The Bertz CT molecular complexity index is 971. The number of ether oxygens (including phenoxy) is 1. The van der Waals surface area contributed by atoms with Gasteiger partial charge < -0.3 is 10.1 Å². The van der Waals surface area contributed by atoms with Crippen LogP contribution in [0.4, 0.5) is 4.79 Å². The SMILES string of the molecule is Cc1ccc(-c2nc(COC(=O)CN3C(=O)NC4(CCCCC4C)C3=O)cs2)cc1. The van der Waals surface area contributed by atoms with Gasteiger partial charge in [-0.2, -0.15) is 0 Å². The van der Waals surface area contributed by atoms with Gasteiger partial charge in [0.1, 0.15) is 23.7 Å². The van der Waals surface area contributed by atoms with E-state index >= 15 is 0 Å². The lowest BCUT2D eigenvalue weighted by Gasteiger charge is -2.36. The molecule has 0 radical (unpaired) electrons. The molecule has 1 aliphatic carbocycles.